The predicted molar refractivity (Wildman–Crippen MR) is 74.0 cm³/mol. The number of oxazole rings is 1. The third-order valence-corrected chi connectivity index (χ3v) is 3.29. The summed E-state index contributed by atoms with van der Waals surface area (Å²) in [5, 5.41) is 9.71. The van der Waals surface area contributed by atoms with Gasteiger partial charge in [-0.1, -0.05) is 18.2 Å². The van der Waals surface area contributed by atoms with E-state index in [1.165, 1.54) is 0 Å². The molecule has 0 unspecified atom stereocenters. The van der Waals surface area contributed by atoms with Crippen molar-refractivity contribution in [2.24, 2.45) is 0 Å². The Labute approximate surface area is 117 Å². The lowest BCUT2D eigenvalue weighted by molar-refractivity contribution is 0.0562. The molecule has 106 valence electrons. The second-order valence-corrected chi connectivity index (χ2v) is 4.97. The van der Waals surface area contributed by atoms with Gasteiger partial charge >= 0.3 is 0 Å². The zero-order chi connectivity index (χ0) is 13.8. The van der Waals surface area contributed by atoms with Crippen molar-refractivity contribution >= 4 is 0 Å². The number of nitrogens with zero attached hydrogens (tertiary/aromatic N) is 2. The average molecular weight is 274 g/mol. The molecular weight excluding hydrogens is 256 g/mol. The van der Waals surface area contributed by atoms with Crippen LogP contribution < -0.4 is 0 Å². The van der Waals surface area contributed by atoms with Crippen LogP contribution in [0.1, 0.15) is 5.69 Å². The van der Waals surface area contributed by atoms with Crippen LogP contribution in [-0.2, 0) is 11.3 Å². The summed E-state index contributed by atoms with van der Waals surface area (Å²) in [6.45, 7) is 3.11. The number of aliphatic hydroxyl groups is 1. The first-order valence-electron chi connectivity index (χ1n) is 6.79. The fourth-order valence-corrected chi connectivity index (χ4v) is 2.32. The van der Waals surface area contributed by atoms with Gasteiger partial charge in [-0.15, -0.1) is 0 Å². The maximum absolute atomic E-state index is 9.71. The van der Waals surface area contributed by atoms with E-state index in [9.17, 15) is 5.11 Å². The molecule has 2 aromatic rings. The second kappa shape index (κ2) is 6.17. The Bertz CT molecular complexity index is 541. The minimum absolute atomic E-state index is 0.407. The zero-order valence-electron chi connectivity index (χ0n) is 11.2. The van der Waals surface area contributed by atoms with Crippen LogP contribution in [0.25, 0.3) is 11.5 Å². The Morgan fingerprint density at radius 1 is 1.30 bits per heavy atom. The van der Waals surface area contributed by atoms with Crippen molar-refractivity contribution in [3.05, 3.63) is 42.3 Å². The summed E-state index contributed by atoms with van der Waals surface area (Å²) < 4.78 is 10.8. The van der Waals surface area contributed by atoms with Crippen LogP contribution in [0.4, 0.5) is 0 Å². The van der Waals surface area contributed by atoms with Crippen molar-refractivity contribution in [2.45, 2.75) is 12.6 Å². The highest BCUT2D eigenvalue weighted by Gasteiger charge is 2.18. The molecule has 2 heterocycles. The number of aliphatic hydroxyl groups excluding tert-OH is 1. The number of hydrogen-bond acceptors (Lipinski definition) is 5. The summed E-state index contributed by atoms with van der Waals surface area (Å²) in [5.74, 6) is 0.632. The Morgan fingerprint density at radius 2 is 2.15 bits per heavy atom. The van der Waals surface area contributed by atoms with Gasteiger partial charge in [-0.2, -0.15) is 0 Å². The van der Waals surface area contributed by atoms with Gasteiger partial charge in [-0.05, 0) is 12.1 Å². The van der Waals surface area contributed by atoms with Gasteiger partial charge in [0.05, 0.1) is 25.0 Å². The molecule has 3 rings (SSSR count). The van der Waals surface area contributed by atoms with Crippen LogP contribution in [0.3, 0.4) is 0 Å². The molecule has 5 heteroatoms. The monoisotopic (exact) mass is 274 g/mol. The smallest absolute Gasteiger partial charge is 0.226 e. The highest BCUT2D eigenvalue weighted by Crippen LogP contribution is 2.18. The minimum Gasteiger partial charge on any atom is -0.444 e. The van der Waals surface area contributed by atoms with Crippen molar-refractivity contribution < 1.29 is 14.3 Å². The number of hydrogen-bond donors (Lipinski definition) is 1. The third-order valence-electron chi connectivity index (χ3n) is 3.29. The molecule has 0 amide bonds. The molecule has 1 aromatic carbocycles. The molecule has 1 aliphatic heterocycles. The highest BCUT2D eigenvalue weighted by atomic mass is 16.5. The molecule has 0 radical (unpaired) electrons. The van der Waals surface area contributed by atoms with E-state index >= 15 is 0 Å². The Morgan fingerprint density at radius 3 is 3.00 bits per heavy atom. The Hall–Kier alpha value is -1.69. The highest BCUT2D eigenvalue weighted by molar-refractivity contribution is 5.52. The molecule has 0 spiro atoms. The van der Waals surface area contributed by atoms with Crippen molar-refractivity contribution in [2.75, 3.05) is 26.3 Å². The van der Waals surface area contributed by atoms with Gasteiger partial charge in [0.1, 0.15) is 6.26 Å². The van der Waals surface area contributed by atoms with Gasteiger partial charge in [0.2, 0.25) is 5.89 Å². The fraction of sp³-hybridized carbons (Fsp3) is 0.400. The van der Waals surface area contributed by atoms with E-state index in [0.717, 1.165) is 17.8 Å². The largest absolute Gasteiger partial charge is 0.444 e. The SMILES string of the molecule is O[C@@H]1COCCN(Cc2coc(-c3ccccc3)n2)C1. The van der Waals surface area contributed by atoms with Gasteiger partial charge in [-0.3, -0.25) is 4.90 Å². The Balaban J connectivity index is 1.68. The predicted octanol–water partition coefficient (Wildman–Crippen LogP) is 1.53. The number of benzene rings is 1. The summed E-state index contributed by atoms with van der Waals surface area (Å²) >= 11 is 0. The molecule has 0 aliphatic carbocycles. The van der Waals surface area contributed by atoms with Gasteiger partial charge in [0.25, 0.3) is 0 Å². The quantitative estimate of drug-likeness (QED) is 0.920. The molecule has 1 atom stereocenters. The van der Waals surface area contributed by atoms with Gasteiger partial charge in [0, 0.05) is 25.2 Å². The molecular formula is C15H18N2O3. The standard InChI is InChI=1S/C15H18N2O3/c18-14-9-17(6-7-19-11-14)8-13-10-20-15(16-13)12-4-2-1-3-5-12/h1-5,10,14,18H,6-9,11H2/t14-/m0/s1. The summed E-state index contributed by atoms with van der Waals surface area (Å²) in [6, 6.07) is 9.83. The van der Waals surface area contributed by atoms with Crippen molar-refractivity contribution in [1.82, 2.24) is 9.88 Å². The third kappa shape index (κ3) is 3.25. The second-order valence-electron chi connectivity index (χ2n) is 4.97. The van der Waals surface area contributed by atoms with Crippen molar-refractivity contribution in [3.8, 4) is 11.5 Å². The maximum Gasteiger partial charge on any atom is 0.226 e. The number of rotatable bonds is 3. The van der Waals surface area contributed by atoms with Crippen LogP contribution >= 0.6 is 0 Å². The molecule has 1 aromatic heterocycles. The molecule has 0 bridgehead atoms. The van der Waals surface area contributed by atoms with Crippen LogP contribution in [0.15, 0.2) is 41.0 Å². The number of aromatic nitrogens is 1. The van der Waals surface area contributed by atoms with E-state index in [1.54, 1.807) is 6.26 Å². The van der Waals surface area contributed by atoms with Crippen LogP contribution in [-0.4, -0.2) is 47.4 Å². The molecule has 1 saturated heterocycles. The number of β-amino-alcohol motifs (C(OH)–C–C–N with tert-alkyl or cyclic N) is 1. The van der Waals surface area contributed by atoms with Gasteiger partial charge in [0.15, 0.2) is 0 Å². The topological polar surface area (TPSA) is 58.7 Å². The first-order chi connectivity index (χ1) is 9.81. The normalized spacial score (nSPS) is 20.8. The van der Waals surface area contributed by atoms with E-state index in [4.69, 9.17) is 9.15 Å². The lowest BCUT2D eigenvalue weighted by Crippen LogP contribution is -2.32. The van der Waals surface area contributed by atoms with Crippen molar-refractivity contribution in [1.29, 1.82) is 0 Å². The fourth-order valence-electron chi connectivity index (χ4n) is 2.32. The van der Waals surface area contributed by atoms with E-state index in [1.807, 2.05) is 30.3 Å². The number of ether oxygens (including phenoxy) is 1. The first kappa shape index (κ1) is 13.3. The zero-order valence-corrected chi connectivity index (χ0v) is 11.2. The summed E-state index contributed by atoms with van der Waals surface area (Å²) in [7, 11) is 0. The lowest BCUT2D eigenvalue weighted by Gasteiger charge is -2.19. The summed E-state index contributed by atoms with van der Waals surface area (Å²) in [5.41, 5.74) is 1.84. The first-order valence-corrected chi connectivity index (χ1v) is 6.79. The maximum atomic E-state index is 9.71. The molecule has 1 N–H and O–H groups in total. The lowest BCUT2D eigenvalue weighted by atomic mass is 10.2. The molecule has 1 fully saturated rings. The van der Waals surface area contributed by atoms with Gasteiger partial charge in [-0.25, -0.2) is 4.98 Å². The molecule has 5 nitrogen and oxygen atoms in total. The molecule has 1 aliphatic rings. The molecule has 0 saturated carbocycles. The Kier molecular flexibility index (Phi) is 4.11. The summed E-state index contributed by atoms with van der Waals surface area (Å²) in [4.78, 5) is 6.63. The summed E-state index contributed by atoms with van der Waals surface area (Å²) in [6.07, 6.45) is 1.25. The van der Waals surface area contributed by atoms with E-state index < -0.39 is 6.10 Å². The van der Waals surface area contributed by atoms with E-state index in [-0.39, 0.29) is 0 Å². The van der Waals surface area contributed by atoms with Gasteiger partial charge < -0.3 is 14.3 Å². The molecule has 20 heavy (non-hydrogen) atoms. The van der Waals surface area contributed by atoms with Crippen molar-refractivity contribution in [3.63, 3.8) is 0 Å². The van der Waals surface area contributed by atoms with E-state index in [2.05, 4.69) is 9.88 Å². The average Bonchev–Trinajstić information content (AvgIpc) is 2.83. The minimum atomic E-state index is -0.432. The van der Waals surface area contributed by atoms with Crippen LogP contribution in [0, 0.1) is 0 Å². The van der Waals surface area contributed by atoms with Crippen LogP contribution in [0.5, 0.6) is 0 Å². The van der Waals surface area contributed by atoms with E-state index in [0.29, 0.717) is 32.2 Å². The van der Waals surface area contributed by atoms with Crippen LogP contribution in [0.2, 0.25) is 0 Å².